The van der Waals surface area contributed by atoms with Gasteiger partial charge in [0.2, 0.25) is 0 Å². The second-order valence-electron chi connectivity index (χ2n) is 4.51. The Kier molecular flexibility index (Phi) is 3.03. The quantitative estimate of drug-likeness (QED) is 0.717. The maximum atomic E-state index is 5.86. The Labute approximate surface area is 96.4 Å². The zero-order chi connectivity index (χ0) is 10.9. The third-order valence-electron chi connectivity index (χ3n) is 3.45. The summed E-state index contributed by atoms with van der Waals surface area (Å²) in [5, 5.41) is 0. The first-order valence-electron chi connectivity index (χ1n) is 5.39. The van der Waals surface area contributed by atoms with E-state index < -0.39 is 0 Å². The summed E-state index contributed by atoms with van der Waals surface area (Å²) in [6.45, 7) is 5.95. The molecular formula is C13H17ClO. The molecule has 0 unspecified atom stereocenters. The molecule has 0 amide bonds. The van der Waals surface area contributed by atoms with Gasteiger partial charge in [0.05, 0.1) is 13.2 Å². The molecule has 2 heteroatoms. The molecule has 0 aliphatic carbocycles. The van der Waals surface area contributed by atoms with E-state index in [1.54, 1.807) is 0 Å². The van der Waals surface area contributed by atoms with Gasteiger partial charge in [0, 0.05) is 11.3 Å². The van der Waals surface area contributed by atoms with Gasteiger partial charge in [-0.2, -0.15) is 0 Å². The van der Waals surface area contributed by atoms with Gasteiger partial charge in [0.15, 0.2) is 0 Å². The summed E-state index contributed by atoms with van der Waals surface area (Å²) in [7, 11) is 0. The van der Waals surface area contributed by atoms with Crippen LogP contribution >= 0.6 is 11.6 Å². The molecule has 0 atom stereocenters. The monoisotopic (exact) mass is 224 g/mol. The van der Waals surface area contributed by atoms with Crippen molar-refractivity contribution in [2.45, 2.75) is 25.7 Å². The summed E-state index contributed by atoms with van der Waals surface area (Å²) in [5.41, 5.74) is 4.28. The lowest BCUT2D eigenvalue weighted by Crippen LogP contribution is -2.47. The fourth-order valence-electron chi connectivity index (χ4n) is 2.06. The highest BCUT2D eigenvalue weighted by molar-refractivity contribution is 6.17. The van der Waals surface area contributed by atoms with Gasteiger partial charge in [0.1, 0.15) is 0 Å². The zero-order valence-corrected chi connectivity index (χ0v) is 10.1. The molecule has 2 rings (SSSR count). The lowest BCUT2D eigenvalue weighted by molar-refractivity contribution is -0.0616. The Balaban J connectivity index is 2.30. The van der Waals surface area contributed by atoms with Crippen LogP contribution in [0.3, 0.4) is 0 Å². The second kappa shape index (κ2) is 4.15. The molecule has 1 aromatic carbocycles. The first-order chi connectivity index (χ1) is 7.18. The third kappa shape index (κ3) is 1.91. The molecule has 0 saturated carbocycles. The molecule has 1 nitrogen and oxygen atoms in total. The van der Waals surface area contributed by atoms with Crippen molar-refractivity contribution in [3.8, 4) is 0 Å². The molecule has 1 aromatic rings. The number of alkyl halides is 1. The van der Waals surface area contributed by atoms with Crippen molar-refractivity contribution in [1.29, 1.82) is 0 Å². The van der Waals surface area contributed by atoms with Crippen LogP contribution in [0, 0.1) is 13.8 Å². The van der Waals surface area contributed by atoms with Crippen LogP contribution in [-0.4, -0.2) is 19.1 Å². The summed E-state index contributed by atoms with van der Waals surface area (Å²) in [4.78, 5) is 0. The molecule has 0 aromatic heterocycles. The highest BCUT2D eigenvalue weighted by Crippen LogP contribution is 2.36. The number of hydrogen-bond donors (Lipinski definition) is 0. The van der Waals surface area contributed by atoms with Gasteiger partial charge in [-0.3, -0.25) is 0 Å². The Hall–Kier alpha value is -0.530. The van der Waals surface area contributed by atoms with E-state index in [-0.39, 0.29) is 5.41 Å². The lowest BCUT2D eigenvalue weighted by atomic mass is 9.75. The molecule has 0 spiro atoms. The van der Waals surface area contributed by atoms with Gasteiger partial charge in [0.25, 0.3) is 0 Å². The molecule has 0 N–H and O–H groups in total. The molecule has 1 aliphatic rings. The molecule has 15 heavy (non-hydrogen) atoms. The Bertz CT molecular complexity index is 356. The van der Waals surface area contributed by atoms with E-state index in [2.05, 4.69) is 32.0 Å². The first kappa shape index (κ1) is 11.0. The summed E-state index contributed by atoms with van der Waals surface area (Å²) >= 11 is 5.86. The normalized spacial score (nSPS) is 18.6. The van der Waals surface area contributed by atoms with E-state index in [0.29, 0.717) is 5.88 Å². The smallest absolute Gasteiger partial charge is 0.0586 e. The predicted molar refractivity (Wildman–Crippen MR) is 63.8 cm³/mol. The molecule has 1 saturated heterocycles. The van der Waals surface area contributed by atoms with Crippen molar-refractivity contribution in [1.82, 2.24) is 0 Å². The maximum absolute atomic E-state index is 5.86. The van der Waals surface area contributed by atoms with E-state index >= 15 is 0 Å². The molecular weight excluding hydrogens is 208 g/mol. The van der Waals surface area contributed by atoms with Crippen LogP contribution in [-0.2, 0) is 10.2 Å². The number of benzene rings is 1. The number of rotatable bonds is 3. The van der Waals surface area contributed by atoms with Gasteiger partial charge in [-0.25, -0.2) is 0 Å². The fraction of sp³-hybridized carbons (Fsp3) is 0.538. The number of ether oxygens (including phenoxy) is 1. The van der Waals surface area contributed by atoms with E-state index in [9.17, 15) is 0 Å². The van der Waals surface area contributed by atoms with E-state index in [4.69, 9.17) is 16.3 Å². The van der Waals surface area contributed by atoms with Crippen molar-refractivity contribution in [2.75, 3.05) is 19.1 Å². The summed E-state index contributed by atoms with van der Waals surface area (Å²) in [6, 6.07) is 6.70. The minimum Gasteiger partial charge on any atom is -0.379 e. The van der Waals surface area contributed by atoms with Crippen LogP contribution in [0.2, 0.25) is 0 Å². The average Bonchev–Trinajstić information content (AvgIpc) is 2.16. The molecule has 1 fully saturated rings. The van der Waals surface area contributed by atoms with Gasteiger partial charge in [-0.1, -0.05) is 18.2 Å². The lowest BCUT2D eigenvalue weighted by Gasteiger charge is -2.42. The van der Waals surface area contributed by atoms with Gasteiger partial charge in [-0.05, 0) is 37.0 Å². The highest BCUT2D eigenvalue weighted by Gasteiger charge is 2.39. The van der Waals surface area contributed by atoms with Crippen LogP contribution in [0.5, 0.6) is 0 Å². The van der Waals surface area contributed by atoms with E-state index in [1.807, 2.05) is 0 Å². The minimum atomic E-state index is 0.195. The van der Waals surface area contributed by atoms with Crippen LogP contribution in [0.25, 0.3) is 0 Å². The molecule has 0 bridgehead atoms. The predicted octanol–water partition coefficient (Wildman–Crippen LogP) is 3.20. The number of aryl methyl sites for hydroxylation is 2. The van der Waals surface area contributed by atoms with Crippen LogP contribution < -0.4 is 0 Å². The van der Waals surface area contributed by atoms with Crippen molar-refractivity contribution in [2.24, 2.45) is 0 Å². The highest BCUT2D eigenvalue weighted by atomic mass is 35.5. The average molecular weight is 225 g/mol. The molecule has 1 aliphatic heterocycles. The van der Waals surface area contributed by atoms with Crippen LogP contribution in [0.15, 0.2) is 18.2 Å². The van der Waals surface area contributed by atoms with Gasteiger partial charge in [-0.15, -0.1) is 11.6 Å². The SMILES string of the molecule is Cc1ccc(C2(CCCl)COC2)cc1C. The zero-order valence-electron chi connectivity index (χ0n) is 9.35. The topological polar surface area (TPSA) is 9.23 Å². The molecule has 82 valence electrons. The maximum Gasteiger partial charge on any atom is 0.0586 e. The largest absolute Gasteiger partial charge is 0.379 e. The van der Waals surface area contributed by atoms with Gasteiger partial charge >= 0.3 is 0 Å². The van der Waals surface area contributed by atoms with Crippen molar-refractivity contribution >= 4 is 11.6 Å². The number of halogens is 1. The molecule has 1 heterocycles. The molecule has 0 radical (unpaired) electrons. The Morgan fingerprint density at radius 3 is 2.47 bits per heavy atom. The third-order valence-corrected chi connectivity index (χ3v) is 3.64. The Morgan fingerprint density at radius 1 is 1.27 bits per heavy atom. The van der Waals surface area contributed by atoms with E-state index in [0.717, 1.165) is 19.6 Å². The second-order valence-corrected chi connectivity index (χ2v) is 4.89. The van der Waals surface area contributed by atoms with Gasteiger partial charge < -0.3 is 4.74 Å². The number of hydrogen-bond acceptors (Lipinski definition) is 1. The fourth-order valence-corrected chi connectivity index (χ4v) is 2.42. The van der Waals surface area contributed by atoms with Crippen molar-refractivity contribution < 1.29 is 4.74 Å². The van der Waals surface area contributed by atoms with Crippen LogP contribution in [0.4, 0.5) is 0 Å². The Morgan fingerprint density at radius 2 is 2.00 bits per heavy atom. The van der Waals surface area contributed by atoms with Crippen LogP contribution in [0.1, 0.15) is 23.1 Å². The summed E-state index contributed by atoms with van der Waals surface area (Å²) in [6.07, 6.45) is 1.01. The minimum absolute atomic E-state index is 0.195. The first-order valence-corrected chi connectivity index (χ1v) is 5.93. The van der Waals surface area contributed by atoms with E-state index in [1.165, 1.54) is 16.7 Å². The standard InChI is InChI=1S/C13H17ClO/c1-10-3-4-12(7-11(10)2)13(5-6-14)8-15-9-13/h3-4,7H,5-6,8-9H2,1-2H3. The van der Waals surface area contributed by atoms with Crippen molar-refractivity contribution in [3.63, 3.8) is 0 Å². The summed E-state index contributed by atoms with van der Waals surface area (Å²) in [5.74, 6) is 0.705. The summed E-state index contributed by atoms with van der Waals surface area (Å²) < 4.78 is 5.36. The van der Waals surface area contributed by atoms with Crippen molar-refractivity contribution in [3.05, 3.63) is 34.9 Å².